The second-order valence-electron chi connectivity index (χ2n) is 4.86. The van der Waals surface area contributed by atoms with Gasteiger partial charge in [0.25, 0.3) is 5.56 Å². The van der Waals surface area contributed by atoms with E-state index in [9.17, 15) is 14.3 Å². The molecule has 0 saturated carbocycles. The molecule has 0 spiro atoms. The Kier molecular flexibility index (Phi) is 4.87. The maximum Gasteiger partial charge on any atom is 0.264 e. The number of hydrogen-bond acceptors (Lipinski definition) is 4. The number of hydrogen-bond donors (Lipinski definition) is 2. The number of rotatable bonds is 4. The predicted octanol–water partition coefficient (Wildman–Crippen LogP) is 3.47. The van der Waals surface area contributed by atoms with Crippen LogP contribution in [0.4, 0.5) is 10.1 Å². The van der Waals surface area contributed by atoms with Crippen molar-refractivity contribution in [3.05, 3.63) is 50.8 Å². The normalized spacial score (nSPS) is 12.7. The summed E-state index contributed by atoms with van der Waals surface area (Å²) >= 11 is 5.08. The smallest absolute Gasteiger partial charge is 0.264 e. The Bertz CT molecular complexity index is 826. The van der Waals surface area contributed by atoms with Crippen LogP contribution in [0.15, 0.2) is 34.1 Å². The summed E-state index contributed by atoms with van der Waals surface area (Å²) in [5.41, 5.74) is -0.211. The highest BCUT2D eigenvalue weighted by Gasteiger charge is 2.14. The van der Waals surface area contributed by atoms with Crippen LogP contribution >= 0.6 is 12.2 Å². The summed E-state index contributed by atoms with van der Waals surface area (Å²) in [5, 5.41) is 10.3. The Morgan fingerprint density at radius 1 is 1.55 bits per heavy atom. The molecule has 1 atom stereocenters. The maximum atomic E-state index is 13.1. The van der Waals surface area contributed by atoms with Crippen LogP contribution in [-0.2, 0) is 0 Å². The summed E-state index contributed by atoms with van der Waals surface area (Å²) in [6, 6.07) is 5.55. The zero-order valence-corrected chi connectivity index (χ0v) is 13.0. The number of benzene rings is 1. The maximum absolute atomic E-state index is 13.1. The number of nitrogens with zero attached hydrogens (tertiary/aromatic N) is 2. The minimum absolute atomic E-state index is 0.0156. The number of nitrogens with one attached hydrogen (secondary N) is 1. The summed E-state index contributed by atoms with van der Waals surface area (Å²) in [5.74, 6) is -0.674. The van der Waals surface area contributed by atoms with E-state index in [2.05, 4.69) is 9.98 Å². The van der Waals surface area contributed by atoms with Crippen molar-refractivity contribution >= 4 is 24.1 Å². The molecule has 0 aliphatic rings. The van der Waals surface area contributed by atoms with Crippen molar-refractivity contribution in [2.45, 2.75) is 26.3 Å². The molecule has 2 aromatic rings. The third-order valence-corrected chi connectivity index (χ3v) is 3.63. The molecule has 0 aliphatic carbocycles. The lowest BCUT2D eigenvalue weighted by Crippen LogP contribution is -2.20. The van der Waals surface area contributed by atoms with Gasteiger partial charge in [-0.1, -0.05) is 13.0 Å². The van der Waals surface area contributed by atoms with Crippen molar-refractivity contribution in [3.8, 4) is 5.88 Å². The first-order chi connectivity index (χ1) is 10.4. The van der Waals surface area contributed by atoms with E-state index in [1.54, 1.807) is 6.07 Å². The van der Waals surface area contributed by atoms with Crippen LogP contribution in [0.5, 0.6) is 5.88 Å². The van der Waals surface area contributed by atoms with E-state index in [1.165, 1.54) is 29.0 Å². The van der Waals surface area contributed by atoms with E-state index in [-0.39, 0.29) is 22.3 Å². The molecule has 2 rings (SSSR count). The molecule has 1 heterocycles. The molecule has 22 heavy (non-hydrogen) atoms. The van der Waals surface area contributed by atoms with Gasteiger partial charge in [0.1, 0.15) is 11.4 Å². The highest BCUT2D eigenvalue weighted by atomic mass is 32.1. The van der Waals surface area contributed by atoms with E-state index in [0.29, 0.717) is 5.69 Å². The average Bonchev–Trinajstić information content (AvgIpc) is 2.46. The van der Waals surface area contributed by atoms with Gasteiger partial charge < -0.3 is 5.11 Å². The van der Waals surface area contributed by atoms with E-state index in [4.69, 9.17) is 12.2 Å². The second-order valence-corrected chi connectivity index (χ2v) is 5.25. The monoisotopic (exact) mass is 321 g/mol. The Balaban J connectivity index is 2.52. The lowest BCUT2D eigenvalue weighted by Gasteiger charge is -2.16. The number of halogens is 1. The minimum Gasteiger partial charge on any atom is -0.494 e. The van der Waals surface area contributed by atoms with Gasteiger partial charge in [-0.3, -0.25) is 19.3 Å². The largest absolute Gasteiger partial charge is 0.494 e. The number of aromatic nitrogens is 2. The lowest BCUT2D eigenvalue weighted by molar-refractivity contribution is 0.371. The van der Waals surface area contributed by atoms with Crippen LogP contribution in [0.3, 0.4) is 0 Å². The summed E-state index contributed by atoms with van der Waals surface area (Å²) in [6.45, 7) is 3.82. The molecule has 2 N–H and O–H groups in total. The van der Waals surface area contributed by atoms with Gasteiger partial charge in [0.05, 0.1) is 5.69 Å². The quantitative estimate of drug-likeness (QED) is 0.669. The molecular weight excluding hydrogens is 305 g/mol. The number of aromatic hydroxyl groups is 1. The molecule has 0 saturated heterocycles. The molecule has 1 unspecified atom stereocenters. The molecule has 1 aromatic heterocycles. The van der Waals surface area contributed by atoms with E-state index in [0.717, 1.165) is 6.42 Å². The second kappa shape index (κ2) is 6.65. The van der Waals surface area contributed by atoms with Crippen molar-refractivity contribution in [2.75, 3.05) is 0 Å². The third kappa shape index (κ3) is 3.30. The lowest BCUT2D eigenvalue weighted by atomic mass is 10.2. The van der Waals surface area contributed by atoms with Crippen LogP contribution in [0.25, 0.3) is 0 Å². The molecule has 0 aliphatic heterocycles. The summed E-state index contributed by atoms with van der Waals surface area (Å²) in [7, 11) is 0. The van der Waals surface area contributed by atoms with Crippen molar-refractivity contribution < 1.29 is 9.50 Å². The Morgan fingerprint density at radius 2 is 2.27 bits per heavy atom. The topological polar surface area (TPSA) is 70.4 Å². The van der Waals surface area contributed by atoms with Gasteiger partial charge in [-0.25, -0.2) is 4.39 Å². The Hall–Kier alpha value is -2.28. The van der Waals surface area contributed by atoms with Gasteiger partial charge in [-0.2, -0.15) is 0 Å². The molecule has 5 nitrogen and oxygen atoms in total. The van der Waals surface area contributed by atoms with Gasteiger partial charge in [0, 0.05) is 12.3 Å². The average molecular weight is 321 g/mol. The fourth-order valence-corrected chi connectivity index (χ4v) is 2.31. The SMILES string of the molecule is CCC(C)n1c(O)c(C=Nc2cccc(F)c2)c(=O)[nH]c1=S. The predicted molar refractivity (Wildman–Crippen MR) is 86.2 cm³/mol. The summed E-state index contributed by atoms with van der Waals surface area (Å²) in [4.78, 5) is 18.5. The van der Waals surface area contributed by atoms with Crippen molar-refractivity contribution in [2.24, 2.45) is 4.99 Å². The fraction of sp³-hybridized carbons (Fsp3) is 0.267. The number of aliphatic imine (C=N–C) groups is 1. The summed E-state index contributed by atoms with van der Waals surface area (Å²) < 4.78 is 14.7. The third-order valence-electron chi connectivity index (χ3n) is 3.34. The van der Waals surface area contributed by atoms with Crippen LogP contribution in [0.1, 0.15) is 31.9 Å². The molecule has 7 heteroatoms. The first-order valence-corrected chi connectivity index (χ1v) is 7.22. The molecule has 0 radical (unpaired) electrons. The highest BCUT2D eigenvalue weighted by molar-refractivity contribution is 7.71. The highest BCUT2D eigenvalue weighted by Crippen LogP contribution is 2.21. The van der Waals surface area contributed by atoms with Gasteiger partial charge >= 0.3 is 0 Å². The van der Waals surface area contributed by atoms with Crippen LogP contribution in [0.2, 0.25) is 0 Å². The first kappa shape index (κ1) is 16.1. The Labute approximate surface area is 131 Å². The van der Waals surface area contributed by atoms with Gasteiger partial charge in [0.15, 0.2) is 4.77 Å². The van der Waals surface area contributed by atoms with E-state index >= 15 is 0 Å². The first-order valence-electron chi connectivity index (χ1n) is 6.81. The van der Waals surface area contributed by atoms with Crippen LogP contribution < -0.4 is 5.56 Å². The zero-order valence-electron chi connectivity index (χ0n) is 12.2. The van der Waals surface area contributed by atoms with Crippen molar-refractivity contribution in [1.29, 1.82) is 0 Å². The van der Waals surface area contributed by atoms with Crippen LogP contribution in [-0.4, -0.2) is 20.9 Å². The van der Waals surface area contributed by atoms with Gasteiger partial charge in [0.2, 0.25) is 5.88 Å². The minimum atomic E-state index is -0.540. The molecule has 116 valence electrons. The van der Waals surface area contributed by atoms with Crippen LogP contribution in [0, 0.1) is 10.6 Å². The Morgan fingerprint density at radius 3 is 2.91 bits per heavy atom. The molecule has 1 aromatic carbocycles. The molecular formula is C15H16FN3O2S. The summed E-state index contributed by atoms with van der Waals surface area (Å²) in [6.07, 6.45) is 1.94. The fourth-order valence-electron chi connectivity index (χ4n) is 1.96. The van der Waals surface area contributed by atoms with Gasteiger partial charge in [-0.05, 0) is 43.8 Å². The van der Waals surface area contributed by atoms with Gasteiger partial charge in [-0.15, -0.1) is 0 Å². The number of H-pyrrole nitrogens is 1. The molecule has 0 bridgehead atoms. The van der Waals surface area contributed by atoms with Crippen molar-refractivity contribution in [3.63, 3.8) is 0 Å². The van der Waals surface area contributed by atoms with E-state index in [1.807, 2.05) is 13.8 Å². The van der Waals surface area contributed by atoms with Crippen molar-refractivity contribution in [1.82, 2.24) is 9.55 Å². The zero-order chi connectivity index (χ0) is 16.3. The molecule has 0 amide bonds. The van der Waals surface area contributed by atoms with E-state index < -0.39 is 11.4 Å². The standard InChI is InChI=1S/C15H16FN3O2S/c1-3-9(2)19-14(21)12(13(20)18-15(19)22)8-17-11-6-4-5-10(16)7-11/h4-9,21H,3H2,1-2H3,(H,18,20,22). The molecule has 0 fully saturated rings. The number of aromatic amines is 1.